The fourth-order valence-corrected chi connectivity index (χ4v) is 5.18. The highest BCUT2D eigenvalue weighted by atomic mass is 35.5. The highest BCUT2D eigenvalue weighted by molar-refractivity contribution is 7.91. The number of hydrogen-bond donors (Lipinski definition) is 1. The Morgan fingerprint density at radius 2 is 2.16 bits per heavy atom. The number of amides is 1. The second-order valence-electron chi connectivity index (χ2n) is 4.81. The molecule has 106 valence electrons. The Balaban J connectivity index is 2.12. The van der Waals surface area contributed by atoms with Gasteiger partial charge in [-0.15, -0.1) is 16.7 Å². The molecule has 1 aliphatic rings. The van der Waals surface area contributed by atoms with Gasteiger partial charge in [-0.25, -0.2) is 8.42 Å². The zero-order valence-corrected chi connectivity index (χ0v) is 12.8. The first kappa shape index (κ1) is 14.7. The zero-order chi connectivity index (χ0) is 14.2. The van der Waals surface area contributed by atoms with Gasteiger partial charge in [0.1, 0.15) is 4.88 Å². The number of hydrogen-bond acceptors (Lipinski definition) is 6. The summed E-state index contributed by atoms with van der Waals surface area (Å²) in [6.07, 6.45) is 0. The fourth-order valence-electron chi connectivity index (χ4n) is 1.90. The first-order chi connectivity index (χ1) is 8.80. The molecule has 9 heteroatoms. The number of sulfone groups is 1. The van der Waals surface area contributed by atoms with E-state index in [4.69, 9.17) is 11.6 Å². The Kier molecular flexibility index (Phi) is 4.12. The van der Waals surface area contributed by atoms with Crippen molar-refractivity contribution in [2.45, 2.75) is 31.2 Å². The predicted octanol–water partition coefficient (Wildman–Crippen LogP) is 0.796. The Bertz CT molecular complexity index is 585. The third kappa shape index (κ3) is 3.24. The summed E-state index contributed by atoms with van der Waals surface area (Å²) in [5.74, 6) is -0.488. The maximum atomic E-state index is 12.1. The summed E-state index contributed by atoms with van der Waals surface area (Å²) in [5, 5.41) is 5.99. The maximum absolute atomic E-state index is 12.1. The van der Waals surface area contributed by atoms with Crippen molar-refractivity contribution in [3.8, 4) is 0 Å². The molecule has 2 rings (SSSR count). The number of carbonyl (C=O) groups is 1. The Morgan fingerprint density at radius 3 is 2.68 bits per heavy atom. The summed E-state index contributed by atoms with van der Waals surface area (Å²) in [5.41, 5.74) is 0.620. The zero-order valence-electron chi connectivity index (χ0n) is 10.5. The molecule has 1 amide bonds. The van der Waals surface area contributed by atoms with Crippen LogP contribution < -0.4 is 5.32 Å². The number of alkyl halides is 1. The van der Waals surface area contributed by atoms with Gasteiger partial charge in [-0.05, 0) is 17.5 Å². The van der Waals surface area contributed by atoms with E-state index in [9.17, 15) is 13.2 Å². The van der Waals surface area contributed by atoms with Crippen LogP contribution in [0.5, 0.6) is 0 Å². The third-order valence-electron chi connectivity index (χ3n) is 2.87. The van der Waals surface area contributed by atoms with E-state index in [-0.39, 0.29) is 23.3 Å². The lowest BCUT2D eigenvalue weighted by atomic mass is 10.1. The summed E-state index contributed by atoms with van der Waals surface area (Å²) in [6, 6.07) is -0.554. The van der Waals surface area contributed by atoms with Crippen molar-refractivity contribution >= 4 is 38.9 Å². The van der Waals surface area contributed by atoms with Crippen LogP contribution in [0.15, 0.2) is 0 Å². The van der Waals surface area contributed by atoms with Crippen molar-refractivity contribution in [1.82, 2.24) is 14.9 Å². The summed E-state index contributed by atoms with van der Waals surface area (Å²) in [7, 11) is -3.16. The Hall–Kier alpha value is -0.730. The average Bonchev–Trinajstić information content (AvgIpc) is 2.83. The number of nitrogens with one attached hydrogen (secondary N) is 1. The van der Waals surface area contributed by atoms with E-state index in [1.807, 2.05) is 13.8 Å². The van der Waals surface area contributed by atoms with Crippen LogP contribution in [-0.2, 0) is 9.84 Å². The van der Waals surface area contributed by atoms with Crippen LogP contribution in [-0.4, -0.2) is 46.8 Å². The summed E-state index contributed by atoms with van der Waals surface area (Å²) in [4.78, 5) is 12.5. The van der Waals surface area contributed by atoms with Crippen LogP contribution in [0.25, 0.3) is 0 Å². The number of aromatic nitrogens is 2. The minimum atomic E-state index is -3.16. The fraction of sp³-hybridized carbons (Fsp3) is 0.700. The molecule has 0 aromatic carbocycles. The molecule has 1 N–H and O–H groups in total. The number of nitrogens with zero attached hydrogens (tertiary/aromatic N) is 2. The summed E-state index contributed by atoms with van der Waals surface area (Å²) < 4.78 is 26.6. The van der Waals surface area contributed by atoms with Gasteiger partial charge in [0.05, 0.1) is 28.6 Å². The Labute approximate surface area is 120 Å². The summed E-state index contributed by atoms with van der Waals surface area (Å²) >= 11 is 6.95. The molecule has 6 nitrogen and oxygen atoms in total. The minimum Gasteiger partial charge on any atom is -0.346 e. The molecule has 0 aliphatic carbocycles. The largest absolute Gasteiger partial charge is 0.346 e. The van der Waals surface area contributed by atoms with Gasteiger partial charge in [0.15, 0.2) is 9.84 Å². The lowest BCUT2D eigenvalue weighted by molar-refractivity contribution is 0.0944. The average molecular weight is 324 g/mol. The molecule has 0 spiro atoms. The molecule has 1 aromatic heterocycles. The summed E-state index contributed by atoms with van der Waals surface area (Å²) in [6.45, 7) is 3.83. The van der Waals surface area contributed by atoms with Gasteiger partial charge in [-0.2, -0.15) is 0 Å². The van der Waals surface area contributed by atoms with Crippen LogP contribution in [0, 0.1) is 0 Å². The van der Waals surface area contributed by atoms with Crippen LogP contribution in [0.3, 0.4) is 0 Å². The van der Waals surface area contributed by atoms with Gasteiger partial charge in [0.2, 0.25) is 0 Å². The lowest BCUT2D eigenvalue weighted by Crippen LogP contribution is -2.40. The molecule has 0 bridgehead atoms. The van der Waals surface area contributed by atoms with E-state index in [1.54, 1.807) is 0 Å². The van der Waals surface area contributed by atoms with Gasteiger partial charge in [-0.1, -0.05) is 18.3 Å². The van der Waals surface area contributed by atoms with Gasteiger partial charge in [0.25, 0.3) is 5.91 Å². The van der Waals surface area contributed by atoms with Crippen LogP contribution in [0.4, 0.5) is 0 Å². The molecular formula is C10H14ClN3O3S2. The number of carbonyl (C=O) groups excluding carboxylic acids is 1. The quantitative estimate of drug-likeness (QED) is 0.831. The second kappa shape index (κ2) is 5.34. The smallest absolute Gasteiger partial charge is 0.265 e. The topological polar surface area (TPSA) is 89.0 Å². The van der Waals surface area contributed by atoms with Crippen molar-refractivity contribution in [1.29, 1.82) is 0 Å². The Morgan fingerprint density at radius 1 is 1.47 bits per heavy atom. The van der Waals surface area contributed by atoms with Gasteiger partial charge < -0.3 is 5.32 Å². The van der Waals surface area contributed by atoms with Crippen molar-refractivity contribution in [2.75, 3.05) is 11.5 Å². The molecule has 19 heavy (non-hydrogen) atoms. The van der Waals surface area contributed by atoms with Crippen molar-refractivity contribution in [3.63, 3.8) is 0 Å². The van der Waals surface area contributed by atoms with E-state index < -0.39 is 21.3 Å². The van der Waals surface area contributed by atoms with Crippen molar-refractivity contribution in [3.05, 3.63) is 10.6 Å². The highest BCUT2D eigenvalue weighted by Crippen LogP contribution is 2.22. The monoisotopic (exact) mass is 323 g/mol. The standard InChI is InChI=1S/C10H14ClN3O3S2/c1-5(2)8-9(18-14-13-8)10(15)12-7-4-19(16,17)3-6(7)11/h5-7H,3-4H2,1-2H3,(H,12,15). The van der Waals surface area contributed by atoms with Crippen molar-refractivity contribution in [2.24, 2.45) is 0 Å². The van der Waals surface area contributed by atoms with Crippen LogP contribution >= 0.6 is 23.1 Å². The minimum absolute atomic E-state index is 0.0820. The molecule has 0 saturated carbocycles. The normalized spacial score (nSPS) is 25.7. The number of rotatable bonds is 3. The molecule has 0 radical (unpaired) electrons. The highest BCUT2D eigenvalue weighted by Gasteiger charge is 2.38. The number of halogens is 1. The molecule has 1 aromatic rings. The molecule has 1 aliphatic heterocycles. The van der Waals surface area contributed by atoms with Crippen molar-refractivity contribution < 1.29 is 13.2 Å². The molecule has 2 heterocycles. The second-order valence-corrected chi connectivity index (χ2v) is 8.28. The van der Waals surface area contributed by atoms with E-state index in [1.165, 1.54) is 0 Å². The molecule has 1 saturated heterocycles. The van der Waals surface area contributed by atoms with E-state index in [0.29, 0.717) is 10.6 Å². The lowest BCUT2D eigenvalue weighted by Gasteiger charge is -2.14. The van der Waals surface area contributed by atoms with E-state index in [0.717, 1.165) is 11.5 Å². The molecule has 2 atom stereocenters. The molecular weight excluding hydrogens is 310 g/mol. The first-order valence-electron chi connectivity index (χ1n) is 5.78. The predicted molar refractivity (Wildman–Crippen MR) is 73.5 cm³/mol. The molecule has 2 unspecified atom stereocenters. The maximum Gasteiger partial charge on any atom is 0.265 e. The van der Waals surface area contributed by atoms with Gasteiger partial charge in [-0.3, -0.25) is 4.79 Å². The van der Waals surface area contributed by atoms with Crippen LogP contribution in [0.1, 0.15) is 35.1 Å². The third-order valence-corrected chi connectivity index (χ3v) is 5.98. The van der Waals surface area contributed by atoms with E-state index >= 15 is 0 Å². The first-order valence-corrected chi connectivity index (χ1v) is 8.81. The van der Waals surface area contributed by atoms with E-state index in [2.05, 4.69) is 14.9 Å². The van der Waals surface area contributed by atoms with Crippen LogP contribution in [0.2, 0.25) is 0 Å². The molecule has 1 fully saturated rings. The van der Waals surface area contributed by atoms with Gasteiger partial charge in [0, 0.05) is 0 Å². The van der Waals surface area contributed by atoms with Gasteiger partial charge >= 0.3 is 0 Å². The SMILES string of the molecule is CC(C)c1nnsc1C(=O)NC1CS(=O)(=O)CC1Cl.